The fraction of sp³-hybridized carbons (Fsp3) is 0.435. The predicted octanol–water partition coefficient (Wildman–Crippen LogP) is 6.05. The number of benzene rings is 2. The Kier molecular flexibility index (Phi) is 14.2. The second kappa shape index (κ2) is 19.8. The summed E-state index contributed by atoms with van der Waals surface area (Å²) in [5.41, 5.74) is 7.83. The molecule has 2 aromatic carbocycles. The van der Waals surface area contributed by atoms with E-state index in [1.165, 1.54) is 23.2 Å². The van der Waals surface area contributed by atoms with Crippen LogP contribution in [0.1, 0.15) is 80.0 Å². The molecule has 0 N–H and O–H groups in total. The fourth-order valence-electron chi connectivity index (χ4n) is 8.47. The Morgan fingerprint density at radius 1 is 0.662 bits per heavy atom. The lowest BCUT2D eigenvalue weighted by molar-refractivity contribution is 0.00578. The minimum atomic E-state index is -0.239. The van der Waals surface area contributed by atoms with Gasteiger partial charge in [-0.05, 0) is 116 Å². The highest BCUT2D eigenvalue weighted by atomic mass is 79.9. The average molecular weight is 955 g/mol. The molecule has 0 amide bonds. The quantitative estimate of drug-likeness (QED) is 0.164. The van der Waals surface area contributed by atoms with Crippen molar-refractivity contribution in [3.63, 3.8) is 0 Å². The van der Waals surface area contributed by atoms with Gasteiger partial charge in [0.15, 0.2) is 11.3 Å². The largest absolute Gasteiger partial charge is 0.493 e. The van der Waals surface area contributed by atoms with Crippen molar-refractivity contribution in [3.05, 3.63) is 123 Å². The molecule has 19 heteroatoms. The van der Waals surface area contributed by atoms with Gasteiger partial charge in [-0.25, -0.2) is 18.7 Å². The molecule has 0 atom stereocenters. The van der Waals surface area contributed by atoms with E-state index in [-0.39, 0.29) is 38.4 Å². The Morgan fingerprint density at radius 2 is 1.20 bits per heavy atom. The molecule has 65 heavy (non-hydrogen) atoms. The maximum atomic E-state index is 14.4. The van der Waals surface area contributed by atoms with Crippen LogP contribution in [0.15, 0.2) is 71.4 Å². The number of rotatable bonds is 8. The summed E-state index contributed by atoms with van der Waals surface area (Å²) in [4.78, 5) is 9.04. The number of hydrogen-bond acceptors (Lipinski definition) is 12. The molecule has 9 heterocycles. The van der Waals surface area contributed by atoms with Crippen molar-refractivity contribution in [2.45, 2.75) is 90.3 Å². The molecule has 4 aromatic heterocycles. The third-order valence-electron chi connectivity index (χ3n) is 12.7. The number of aryl methyl sites for hydroxylation is 2. The molecule has 0 unspecified atom stereocenters. The van der Waals surface area contributed by atoms with Gasteiger partial charge in [-0.15, -0.1) is 20.4 Å². The van der Waals surface area contributed by atoms with Gasteiger partial charge < -0.3 is 28.3 Å². The maximum absolute atomic E-state index is 14.4. The number of ether oxygens (including phenoxy) is 4. The van der Waals surface area contributed by atoms with E-state index in [1.807, 2.05) is 15.0 Å². The number of aromatic nitrogens is 8. The summed E-state index contributed by atoms with van der Waals surface area (Å²) in [6.45, 7) is 12.3. The molecule has 14 nitrogen and oxygen atoms in total. The Bertz CT molecular complexity index is 2730. The van der Waals surface area contributed by atoms with E-state index in [9.17, 15) is 8.78 Å². The Hall–Kier alpha value is -5.07. The van der Waals surface area contributed by atoms with Crippen molar-refractivity contribution in [2.24, 2.45) is 0 Å². The molecule has 5 aliphatic rings. The standard InChI is InChI=1S/C20H19FN4O2.C15H12BrFN4O.C11H19BO3.BH4/c21-17-2-3-18-15(7-10-27-18)14(17)1-4-19-22-11-16(13-5-8-26-9-6-13)20-24-23-12-25(19)20;16-11-7-18-14(21-8-19-20-15(11)21)4-1-9-10-5-6-22-13(10)3-2-12(9)17;1-10(2)11(3,4)15-12(14-10)9-5-7-13-8-6-9;/h2-3,5,11-12H,1,4,6-10H2;2-3,7-8H,1,4-6H2;5H,6-8H2,1-4H3;1H4/q;;;-1. The van der Waals surface area contributed by atoms with Crippen molar-refractivity contribution in [1.82, 2.24) is 39.2 Å². The van der Waals surface area contributed by atoms with E-state index in [1.54, 1.807) is 31.0 Å². The van der Waals surface area contributed by atoms with Crippen LogP contribution in [-0.4, -0.2) is 106 Å². The fourth-order valence-corrected chi connectivity index (χ4v) is 8.84. The van der Waals surface area contributed by atoms with Gasteiger partial charge in [0.2, 0.25) is 0 Å². The first-order valence-corrected chi connectivity index (χ1v) is 22.5. The van der Waals surface area contributed by atoms with E-state index < -0.39 is 0 Å². The van der Waals surface area contributed by atoms with Crippen LogP contribution in [0.25, 0.3) is 16.9 Å². The van der Waals surface area contributed by atoms with Crippen molar-refractivity contribution >= 4 is 48.3 Å². The molecular formula is C46H54B2BrF2N8O6-. The molecule has 0 saturated carbocycles. The smallest absolute Gasteiger partial charge is 0.490 e. The van der Waals surface area contributed by atoms with Crippen LogP contribution < -0.4 is 9.47 Å². The van der Waals surface area contributed by atoms with Crippen LogP contribution in [0.2, 0.25) is 0 Å². The molecule has 0 bridgehead atoms. The molecule has 5 aliphatic heterocycles. The minimum Gasteiger partial charge on any atom is -0.493 e. The first-order chi connectivity index (χ1) is 31.0. The van der Waals surface area contributed by atoms with E-state index in [0.29, 0.717) is 64.4 Å². The highest BCUT2D eigenvalue weighted by Crippen LogP contribution is 2.39. The van der Waals surface area contributed by atoms with Crippen molar-refractivity contribution in [2.75, 3.05) is 39.6 Å². The van der Waals surface area contributed by atoms with E-state index in [2.05, 4.69) is 86.1 Å². The molecule has 342 valence electrons. The molecule has 11 rings (SSSR count). The summed E-state index contributed by atoms with van der Waals surface area (Å²) in [5, 5.41) is 16.3. The Balaban J connectivity index is 0.000000137. The van der Waals surface area contributed by atoms with Gasteiger partial charge in [0.25, 0.3) is 0 Å². The third kappa shape index (κ3) is 9.75. The molecule has 0 aliphatic carbocycles. The van der Waals surface area contributed by atoms with Crippen LogP contribution in [0.4, 0.5) is 8.78 Å². The van der Waals surface area contributed by atoms with Gasteiger partial charge in [0.1, 0.15) is 47.4 Å². The van der Waals surface area contributed by atoms with Crippen LogP contribution >= 0.6 is 15.9 Å². The van der Waals surface area contributed by atoms with Crippen molar-refractivity contribution < 1.29 is 37.0 Å². The number of hydrogen-bond donors (Lipinski definition) is 0. The Labute approximate surface area is 387 Å². The number of halogens is 3. The molecule has 1 fully saturated rings. The average Bonchev–Trinajstić information content (AvgIpc) is 4.16. The van der Waals surface area contributed by atoms with Crippen molar-refractivity contribution in [1.29, 1.82) is 0 Å². The van der Waals surface area contributed by atoms with Gasteiger partial charge in [-0.1, -0.05) is 20.6 Å². The summed E-state index contributed by atoms with van der Waals surface area (Å²) in [7, 11) is -0.182. The zero-order valence-electron chi connectivity index (χ0n) is 36.4. The summed E-state index contributed by atoms with van der Waals surface area (Å²) < 4.78 is 66.7. The highest BCUT2D eigenvalue weighted by molar-refractivity contribution is 9.10. The third-order valence-corrected chi connectivity index (χ3v) is 13.3. The van der Waals surface area contributed by atoms with E-state index in [4.69, 9.17) is 28.3 Å². The predicted molar refractivity (Wildman–Crippen MR) is 250 cm³/mol. The number of nitrogens with zero attached hydrogens (tertiary/aromatic N) is 8. The summed E-state index contributed by atoms with van der Waals surface area (Å²) in [5.74, 6) is 2.87. The normalized spacial score (nSPS) is 18.0. The zero-order chi connectivity index (χ0) is 44.4. The molecule has 6 aromatic rings. The van der Waals surface area contributed by atoms with Crippen LogP contribution in [0, 0.1) is 11.6 Å². The van der Waals surface area contributed by atoms with Gasteiger partial charge >= 0.3 is 7.12 Å². The van der Waals surface area contributed by atoms with Gasteiger partial charge in [0.05, 0.1) is 55.3 Å². The second-order valence-corrected chi connectivity index (χ2v) is 18.0. The number of fused-ring (bicyclic) bond motifs is 4. The van der Waals surface area contributed by atoms with Crippen LogP contribution in [0.5, 0.6) is 11.5 Å². The highest BCUT2D eigenvalue weighted by Gasteiger charge is 2.52. The first-order valence-electron chi connectivity index (χ1n) is 21.7. The van der Waals surface area contributed by atoms with E-state index >= 15 is 0 Å². The summed E-state index contributed by atoms with van der Waals surface area (Å²) >= 11 is 3.40. The maximum Gasteiger partial charge on any atom is 0.490 e. The molecular weight excluding hydrogens is 900 g/mol. The van der Waals surface area contributed by atoms with E-state index in [0.717, 1.165) is 93.4 Å². The first kappa shape index (κ1) is 46.5. The second-order valence-electron chi connectivity index (χ2n) is 17.1. The molecule has 1 saturated heterocycles. The summed E-state index contributed by atoms with van der Waals surface area (Å²) in [6.07, 6.45) is 16.6. The van der Waals surface area contributed by atoms with Gasteiger partial charge in [-0.2, -0.15) is 0 Å². The van der Waals surface area contributed by atoms with Crippen LogP contribution in [0.3, 0.4) is 0 Å². The minimum absolute atomic E-state index is 0. The summed E-state index contributed by atoms with van der Waals surface area (Å²) in [6, 6.07) is 6.38. The lowest BCUT2D eigenvalue weighted by atomic mass is 9.75. The topological polar surface area (TPSA) is 142 Å². The SMILES string of the molecule is CC1(C)OB(C2=CCOCC2)OC1(C)C.Fc1ccc2c(c1CCc1ncc(Br)c3nncn13)CCO2.Fc1ccc2c(c1CCc1ncc(C3=CCOCC3)c3nncn13)CCO2.[BH4-]. The monoisotopic (exact) mass is 953 g/mol. The van der Waals surface area contributed by atoms with Gasteiger partial charge in [-0.3, -0.25) is 8.80 Å². The molecule has 0 radical (unpaired) electrons. The van der Waals surface area contributed by atoms with Crippen LogP contribution in [-0.2, 0) is 57.3 Å². The van der Waals surface area contributed by atoms with Gasteiger partial charge in [0, 0.05) is 54.8 Å². The van der Waals surface area contributed by atoms with Crippen molar-refractivity contribution in [3.8, 4) is 11.5 Å². The lowest BCUT2D eigenvalue weighted by Gasteiger charge is -2.32. The molecule has 0 spiro atoms. The Morgan fingerprint density at radius 3 is 1.75 bits per heavy atom. The lowest BCUT2D eigenvalue weighted by Crippen LogP contribution is -2.41. The zero-order valence-corrected chi connectivity index (χ0v) is 38.0.